The van der Waals surface area contributed by atoms with E-state index in [1.807, 2.05) is 0 Å². The van der Waals surface area contributed by atoms with Crippen molar-refractivity contribution in [2.75, 3.05) is 6.54 Å². The Morgan fingerprint density at radius 1 is 1.45 bits per heavy atom. The highest BCUT2D eigenvalue weighted by Crippen LogP contribution is 2.32. The van der Waals surface area contributed by atoms with Crippen LogP contribution in [0.4, 0.5) is 4.39 Å². The van der Waals surface area contributed by atoms with Gasteiger partial charge in [0, 0.05) is 6.54 Å². The number of aromatic nitrogens is 3. The van der Waals surface area contributed by atoms with Gasteiger partial charge in [-0.25, -0.2) is 9.97 Å². The summed E-state index contributed by atoms with van der Waals surface area (Å²) in [7, 11) is 0. The van der Waals surface area contributed by atoms with Gasteiger partial charge in [-0.1, -0.05) is 0 Å². The van der Waals surface area contributed by atoms with Crippen molar-refractivity contribution in [3.8, 4) is 0 Å². The molecule has 3 rings (SSSR count). The third kappa shape index (κ3) is 2.43. The molecule has 1 atom stereocenters. The Kier molecular flexibility index (Phi) is 3.78. The van der Waals surface area contributed by atoms with Crippen molar-refractivity contribution in [2.24, 2.45) is 0 Å². The number of hydrogen-bond donors (Lipinski definition) is 1. The van der Waals surface area contributed by atoms with Gasteiger partial charge in [-0.15, -0.1) is 11.3 Å². The van der Waals surface area contributed by atoms with Crippen LogP contribution in [0.1, 0.15) is 45.8 Å². The van der Waals surface area contributed by atoms with E-state index in [1.165, 1.54) is 18.3 Å². The maximum atomic E-state index is 13.4. The summed E-state index contributed by atoms with van der Waals surface area (Å²) in [6, 6.07) is -0.332. The molecule has 3 heterocycles. The Bertz CT molecular complexity index is 785. The van der Waals surface area contributed by atoms with E-state index in [-0.39, 0.29) is 17.6 Å². The minimum absolute atomic E-state index is 0.0482. The summed E-state index contributed by atoms with van der Waals surface area (Å²) >= 11 is 1.30. The highest BCUT2D eigenvalue weighted by Gasteiger charge is 2.34. The van der Waals surface area contributed by atoms with Gasteiger partial charge in [-0.3, -0.25) is 9.59 Å². The molecule has 6 nitrogen and oxygen atoms in total. The summed E-state index contributed by atoms with van der Waals surface area (Å²) in [4.78, 5) is 37.2. The van der Waals surface area contributed by atoms with Gasteiger partial charge in [0.2, 0.25) is 5.82 Å². The van der Waals surface area contributed by atoms with E-state index in [0.29, 0.717) is 29.4 Å². The molecule has 2 aromatic heterocycles. The Morgan fingerprint density at radius 3 is 2.86 bits per heavy atom. The molecule has 0 aromatic carbocycles. The van der Waals surface area contributed by atoms with Gasteiger partial charge in [0.15, 0.2) is 0 Å². The van der Waals surface area contributed by atoms with E-state index in [4.69, 9.17) is 0 Å². The van der Waals surface area contributed by atoms with Crippen molar-refractivity contribution >= 4 is 17.2 Å². The predicted octanol–water partition coefficient (Wildman–Crippen LogP) is 1.96. The molecular formula is C14H15FN4O2S. The van der Waals surface area contributed by atoms with Crippen molar-refractivity contribution in [2.45, 2.75) is 32.7 Å². The van der Waals surface area contributed by atoms with E-state index in [2.05, 4.69) is 15.0 Å². The van der Waals surface area contributed by atoms with Gasteiger partial charge in [-0.05, 0) is 26.7 Å². The standard InChI is InChI=1S/C14H15FN4O2S/c1-7-10(15)13(20)18-12(17-7)9-4-3-5-19(9)14(21)11-8(2)16-6-22-11/h6,9H,3-5H2,1-2H3,(H,17,18,20)/t9-/m1/s1. The molecule has 1 fully saturated rings. The topological polar surface area (TPSA) is 79.0 Å². The van der Waals surface area contributed by atoms with Crippen LogP contribution in [-0.4, -0.2) is 32.3 Å². The average Bonchev–Trinajstić information content (AvgIpc) is 3.12. The zero-order valence-corrected chi connectivity index (χ0v) is 13.0. The molecule has 1 amide bonds. The first-order chi connectivity index (χ1) is 10.5. The van der Waals surface area contributed by atoms with Crippen molar-refractivity contribution < 1.29 is 9.18 Å². The number of rotatable bonds is 2. The van der Waals surface area contributed by atoms with Crippen LogP contribution in [-0.2, 0) is 0 Å². The molecule has 0 aliphatic carbocycles. The molecule has 0 radical (unpaired) electrons. The lowest BCUT2D eigenvalue weighted by Crippen LogP contribution is -2.33. The summed E-state index contributed by atoms with van der Waals surface area (Å²) in [5.41, 5.74) is 1.58. The molecule has 0 spiro atoms. The van der Waals surface area contributed by atoms with Gasteiger partial charge in [-0.2, -0.15) is 4.39 Å². The fraction of sp³-hybridized carbons (Fsp3) is 0.429. The SMILES string of the molecule is Cc1ncsc1C(=O)N1CCC[C@@H]1c1nc(C)c(F)c(=O)[nH]1. The number of halogens is 1. The third-order valence-electron chi connectivity index (χ3n) is 3.82. The second-order valence-electron chi connectivity index (χ2n) is 5.27. The number of aryl methyl sites for hydroxylation is 2. The van der Waals surface area contributed by atoms with Crippen LogP contribution in [0.2, 0.25) is 0 Å². The van der Waals surface area contributed by atoms with E-state index in [1.54, 1.807) is 17.3 Å². The highest BCUT2D eigenvalue weighted by molar-refractivity contribution is 7.11. The van der Waals surface area contributed by atoms with Crippen LogP contribution < -0.4 is 5.56 Å². The van der Waals surface area contributed by atoms with Crippen LogP contribution in [0.5, 0.6) is 0 Å². The van der Waals surface area contributed by atoms with Crippen LogP contribution in [0, 0.1) is 19.7 Å². The monoisotopic (exact) mass is 322 g/mol. The molecule has 1 N–H and O–H groups in total. The molecule has 1 aliphatic rings. The minimum atomic E-state index is -0.877. The maximum absolute atomic E-state index is 13.4. The molecule has 22 heavy (non-hydrogen) atoms. The predicted molar refractivity (Wildman–Crippen MR) is 79.4 cm³/mol. The number of nitrogens with zero attached hydrogens (tertiary/aromatic N) is 3. The number of aromatic amines is 1. The lowest BCUT2D eigenvalue weighted by molar-refractivity contribution is 0.0733. The number of carbonyl (C=O) groups is 1. The fourth-order valence-corrected chi connectivity index (χ4v) is 3.44. The Morgan fingerprint density at radius 2 is 2.23 bits per heavy atom. The van der Waals surface area contributed by atoms with Gasteiger partial charge in [0.1, 0.15) is 10.7 Å². The highest BCUT2D eigenvalue weighted by atomic mass is 32.1. The number of nitrogens with one attached hydrogen (secondary N) is 1. The number of H-pyrrole nitrogens is 1. The summed E-state index contributed by atoms with van der Waals surface area (Å²) in [5.74, 6) is -0.651. The first-order valence-corrected chi connectivity index (χ1v) is 7.84. The second-order valence-corrected chi connectivity index (χ2v) is 6.13. The molecule has 0 bridgehead atoms. The van der Waals surface area contributed by atoms with Crippen molar-refractivity contribution in [1.82, 2.24) is 19.9 Å². The first-order valence-electron chi connectivity index (χ1n) is 6.96. The van der Waals surface area contributed by atoms with E-state index in [9.17, 15) is 14.0 Å². The minimum Gasteiger partial charge on any atom is -0.328 e. The zero-order valence-electron chi connectivity index (χ0n) is 12.2. The quantitative estimate of drug-likeness (QED) is 0.916. The number of hydrogen-bond acceptors (Lipinski definition) is 5. The molecular weight excluding hydrogens is 307 g/mol. The van der Waals surface area contributed by atoms with E-state index in [0.717, 1.165) is 6.42 Å². The molecule has 2 aromatic rings. The Hall–Kier alpha value is -2.09. The van der Waals surface area contributed by atoms with Crippen molar-refractivity contribution in [3.05, 3.63) is 43.8 Å². The largest absolute Gasteiger partial charge is 0.328 e. The van der Waals surface area contributed by atoms with Crippen LogP contribution in [0.15, 0.2) is 10.3 Å². The Balaban J connectivity index is 1.96. The van der Waals surface area contributed by atoms with E-state index < -0.39 is 11.4 Å². The number of thiazole rings is 1. The summed E-state index contributed by atoms with van der Waals surface area (Å²) < 4.78 is 13.4. The van der Waals surface area contributed by atoms with E-state index >= 15 is 0 Å². The molecule has 0 saturated carbocycles. The van der Waals surface area contributed by atoms with Crippen LogP contribution in [0.25, 0.3) is 0 Å². The second kappa shape index (κ2) is 5.60. The number of carbonyl (C=O) groups excluding carboxylic acids is 1. The van der Waals surface area contributed by atoms with Gasteiger partial charge >= 0.3 is 0 Å². The molecule has 1 saturated heterocycles. The van der Waals surface area contributed by atoms with Gasteiger partial charge in [0.25, 0.3) is 11.5 Å². The number of likely N-dealkylation sites (tertiary alicyclic amines) is 1. The fourth-order valence-electron chi connectivity index (χ4n) is 2.68. The van der Waals surface area contributed by atoms with Crippen molar-refractivity contribution in [3.63, 3.8) is 0 Å². The summed E-state index contributed by atoms with van der Waals surface area (Å²) in [5, 5.41) is 0. The van der Waals surface area contributed by atoms with Crippen LogP contribution in [0.3, 0.4) is 0 Å². The lowest BCUT2D eigenvalue weighted by atomic mass is 10.2. The first kappa shape index (κ1) is 14.8. The van der Waals surface area contributed by atoms with Crippen molar-refractivity contribution in [1.29, 1.82) is 0 Å². The smallest absolute Gasteiger partial charge is 0.287 e. The lowest BCUT2D eigenvalue weighted by Gasteiger charge is -2.23. The molecule has 1 aliphatic heterocycles. The maximum Gasteiger partial charge on any atom is 0.287 e. The average molecular weight is 322 g/mol. The third-order valence-corrected chi connectivity index (χ3v) is 4.73. The summed E-state index contributed by atoms with van der Waals surface area (Å²) in [6.45, 7) is 3.82. The van der Waals surface area contributed by atoms with Gasteiger partial charge < -0.3 is 9.88 Å². The molecule has 0 unspecified atom stereocenters. The Labute approximate surface area is 130 Å². The normalized spacial score (nSPS) is 18.0. The van der Waals surface area contributed by atoms with Crippen LogP contribution >= 0.6 is 11.3 Å². The van der Waals surface area contributed by atoms with Gasteiger partial charge in [0.05, 0.1) is 22.9 Å². The molecule has 8 heteroatoms. The molecule has 116 valence electrons. The summed E-state index contributed by atoms with van der Waals surface area (Å²) in [6.07, 6.45) is 1.51. The zero-order chi connectivity index (χ0) is 15.9. The number of amides is 1.